The second-order valence-electron chi connectivity index (χ2n) is 4.63. The van der Waals surface area contributed by atoms with Crippen molar-refractivity contribution in [3.05, 3.63) is 29.8 Å². The number of para-hydroxylation sites is 1. The lowest BCUT2D eigenvalue weighted by Gasteiger charge is -2.23. The minimum atomic E-state index is -3.25. The molecule has 0 spiro atoms. The molecule has 0 aliphatic carbocycles. The van der Waals surface area contributed by atoms with Crippen LogP contribution in [0.4, 0.5) is 0 Å². The highest BCUT2D eigenvalue weighted by molar-refractivity contribution is 7.90. The van der Waals surface area contributed by atoms with Gasteiger partial charge >= 0.3 is 0 Å². The van der Waals surface area contributed by atoms with Crippen LogP contribution in [0.3, 0.4) is 0 Å². The third kappa shape index (κ3) is 3.68. The van der Waals surface area contributed by atoms with Gasteiger partial charge in [-0.05, 0) is 32.0 Å². The standard InChI is InChI=1S/C13H20N2O3S/c1-18-13-5-3-2-4-11(13)10-15-19(16,17)12-6-8-14-9-7-12/h2-5,12,14-15H,6-10H2,1H3. The fourth-order valence-electron chi connectivity index (χ4n) is 2.25. The van der Waals surface area contributed by atoms with Gasteiger partial charge in [-0.2, -0.15) is 0 Å². The number of ether oxygens (including phenoxy) is 1. The lowest BCUT2D eigenvalue weighted by molar-refractivity contribution is 0.409. The van der Waals surface area contributed by atoms with Gasteiger partial charge in [0.05, 0.1) is 12.4 Å². The third-order valence-corrected chi connectivity index (χ3v) is 5.28. The van der Waals surface area contributed by atoms with Gasteiger partial charge in [0, 0.05) is 12.1 Å². The lowest BCUT2D eigenvalue weighted by Crippen LogP contribution is -2.41. The number of methoxy groups -OCH3 is 1. The first-order valence-electron chi connectivity index (χ1n) is 6.44. The normalized spacial score (nSPS) is 17.3. The molecule has 1 heterocycles. The third-order valence-electron chi connectivity index (χ3n) is 3.38. The van der Waals surface area contributed by atoms with Crippen molar-refractivity contribution in [1.29, 1.82) is 0 Å². The highest BCUT2D eigenvalue weighted by Crippen LogP contribution is 2.18. The van der Waals surface area contributed by atoms with E-state index in [1.807, 2.05) is 24.3 Å². The zero-order valence-corrected chi connectivity index (χ0v) is 11.9. The number of hydrogen-bond donors (Lipinski definition) is 2. The summed E-state index contributed by atoms with van der Waals surface area (Å²) in [4.78, 5) is 0. The van der Waals surface area contributed by atoms with Gasteiger partial charge in [-0.3, -0.25) is 0 Å². The fraction of sp³-hybridized carbons (Fsp3) is 0.538. The van der Waals surface area contributed by atoms with Crippen LogP contribution in [0.15, 0.2) is 24.3 Å². The van der Waals surface area contributed by atoms with E-state index in [0.29, 0.717) is 18.6 Å². The molecule has 1 saturated heterocycles. The highest BCUT2D eigenvalue weighted by atomic mass is 32.2. The quantitative estimate of drug-likeness (QED) is 0.842. The summed E-state index contributed by atoms with van der Waals surface area (Å²) >= 11 is 0. The smallest absolute Gasteiger partial charge is 0.214 e. The summed E-state index contributed by atoms with van der Waals surface area (Å²) in [6.07, 6.45) is 1.34. The van der Waals surface area contributed by atoms with Crippen LogP contribution in [0.1, 0.15) is 18.4 Å². The maximum atomic E-state index is 12.2. The molecule has 1 aliphatic rings. The van der Waals surface area contributed by atoms with E-state index in [9.17, 15) is 8.42 Å². The van der Waals surface area contributed by atoms with E-state index >= 15 is 0 Å². The Balaban J connectivity index is 2.00. The van der Waals surface area contributed by atoms with Crippen molar-refractivity contribution < 1.29 is 13.2 Å². The number of benzene rings is 1. The van der Waals surface area contributed by atoms with Crippen molar-refractivity contribution in [2.24, 2.45) is 0 Å². The maximum absolute atomic E-state index is 12.2. The van der Waals surface area contributed by atoms with Crippen LogP contribution >= 0.6 is 0 Å². The van der Waals surface area contributed by atoms with Gasteiger partial charge in [0.1, 0.15) is 5.75 Å². The van der Waals surface area contributed by atoms with Gasteiger partial charge in [0.15, 0.2) is 0 Å². The summed E-state index contributed by atoms with van der Waals surface area (Å²) < 4.78 is 32.3. The van der Waals surface area contributed by atoms with Crippen LogP contribution in [0, 0.1) is 0 Å². The summed E-state index contributed by atoms with van der Waals surface area (Å²) in [6, 6.07) is 7.43. The molecule has 2 rings (SSSR count). The monoisotopic (exact) mass is 284 g/mol. The van der Waals surface area contributed by atoms with Gasteiger partial charge in [-0.1, -0.05) is 18.2 Å². The second kappa shape index (κ2) is 6.36. The van der Waals surface area contributed by atoms with E-state index in [4.69, 9.17) is 4.74 Å². The molecule has 0 saturated carbocycles. The minimum Gasteiger partial charge on any atom is -0.496 e. The fourth-order valence-corrected chi connectivity index (χ4v) is 3.70. The van der Waals surface area contributed by atoms with Gasteiger partial charge in [-0.25, -0.2) is 13.1 Å². The molecule has 1 aromatic carbocycles. The summed E-state index contributed by atoms with van der Waals surface area (Å²) in [6.45, 7) is 1.80. The molecule has 1 fully saturated rings. The van der Waals surface area contributed by atoms with Crippen LogP contribution in [-0.2, 0) is 16.6 Å². The molecule has 6 heteroatoms. The molecule has 0 bridgehead atoms. The average molecular weight is 284 g/mol. The Bertz CT molecular complexity index is 510. The minimum absolute atomic E-state index is 0.274. The molecule has 1 aromatic rings. The molecular formula is C13H20N2O3S. The van der Waals surface area contributed by atoms with E-state index in [0.717, 1.165) is 18.7 Å². The summed E-state index contributed by atoms with van der Waals surface area (Å²) in [7, 11) is -1.67. The van der Waals surface area contributed by atoms with Crippen molar-refractivity contribution in [2.45, 2.75) is 24.6 Å². The largest absolute Gasteiger partial charge is 0.496 e. The Hall–Kier alpha value is -1.11. The van der Waals surface area contributed by atoms with Crippen LogP contribution in [-0.4, -0.2) is 33.9 Å². The molecule has 2 N–H and O–H groups in total. The first-order chi connectivity index (χ1) is 9.13. The number of sulfonamides is 1. The molecule has 1 aliphatic heterocycles. The Morgan fingerprint density at radius 2 is 2.00 bits per heavy atom. The molecule has 5 nitrogen and oxygen atoms in total. The Morgan fingerprint density at radius 3 is 2.68 bits per heavy atom. The lowest BCUT2D eigenvalue weighted by atomic mass is 10.2. The van der Waals surface area contributed by atoms with Crippen molar-refractivity contribution >= 4 is 10.0 Å². The topological polar surface area (TPSA) is 67.4 Å². The van der Waals surface area contributed by atoms with Crippen LogP contribution in [0.5, 0.6) is 5.75 Å². The van der Waals surface area contributed by atoms with Crippen LogP contribution < -0.4 is 14.8 Å². The highest BCUT2D eigenvalue weighted by Gasteiger charge is 2.26. The average Bonchev–Trinajstić information content (AvgIpc) is 2.46. The van der Waals surface area contributed by atoms with Crippen LogP contribution in [0.25, 0.3) is 0 Å². The molecule has 0 unspecified atom stereocenters. The van der Waals surface area contributed by atoms with E-state index in [-0.39, 0.29) is 11.8 Å². The van der Waals surface area contributed by atoms with Crippen molar-refractivity contribution in [3.63, 3.8) is 0 Å². The van der Waals surface area contributed by atoms with E-state index in [1.54, 1.807) is 7.11 Å². The van der Waals surface area contributed by atoms with Gasteiger partial charge in [0.25, 0.3) is 0 Å². The van der Waals surface area contributed by atoms with Crippen molar-refractivity contribution in [1.82, 2.24) is 10.0 Å². The number of nitrogens with one attached hydrogen (secondary N) is 2. The van der Waals surface area contributed by atoms with Crippen molar-refractivity contribution in [3.8, 4) is 5.75 Å². The van der Waals surface area contributed by atoms with E-state index < -0.39 is 10.0 Å². The number of hydrogen-bond acceptors (Lipinski definition) is 4. The first-order valence-corrected chi connectivity index (χ1v) is 7.99. The number of piperidine rings is 1. The molecule has 0 amide bonds. The maximum Gasteiger partial charge on any atom is 0.214 e. The van der Waals surface area contributed by atoms with Gasteiger partial charge < -0.3 is 10.1 Å². The van der Waals surface area contributed by atoms with E-state index in [2.05, 4.69) is 10.0 Å². The van der Waals surface area contributed by atoms with Crippen LogP contribution in [0.2, 0.25) is 0 Å². The zero-order valence-electron chi connectivity index (χ0n) is 11.1. The molecule has 0 atom stereocenters. The molecule has 0 radical (unpaired) electrons. The Labute approximate surface area is 114 Å². The van der Waals surface area contributed by atoms with Gasteiger partial charge in [0.2, 0.25) is 10.0 Å². The van der Waals surface area contributed by atoms with Gasteiger partial charge in [-0.15, -0.1) is 0 Å². The second-order valence-corrected chi connectivity index (χ2v) is 6.67. The number of rotatable bonds is 5. The molecular weight excluding hydrogens is 264 g/mol. The zero-order chi connectivity index (χ0) is 13.7. The summed E-state index contributed by atoms with van der Waals surface area (Å²) in [5, 5.41) is 2.88. The SMILES string of the molecule is COc1ccccc1CNS(=O)(=O)C1CCNCC1. The summed E-state index contributed by atoms with van der Waals surface area (Å²) in [5.74, 6) is 0.704. The molecule has 106 valence electrons. The first kappa shape index (κ1) is 14.3. The van der Waals surface area contributed by atoms with E-state index in [1.165, 1.54) is 0 Å². The Morgan fingerprint density at radius 1 is 1.32 bits per heavy atom. The molecule has 19 heavy (non-hydrogen) atoms. The summed E-state index contributed by atoms with van der Waals surface area (Å²) in [5.41, 5.74) is 0.850. The van der Waals surface area contributed by atoms with Crippen molar-refractivity contribution in [2.75, 3.05) is 20.2 Å². The predicted octanol–water partition coefficient (Wildman–Crippen LogP) is 0.867. The molecule has 0 aromatic heterocycles. The Kier molecular flexibility index (Phi) is 4.79. The predicted molar refractivity (Wildman–Crippen MR) is 74.6 cm³/mol.